The summed E-state index contributed by atoms with van der Waals surface area (Å²) >= 11 is 0. The van der Waals surface area contributed by atoms with Gasteiger partial charge in [-0.05, 0) is 60.6 Å². The average molecular weight is 940 g/mol. The molecule has 5 heterocycles. The van der Waals surface area contributed by atoms with E-state index in [1.807, 2.05) is 54.3 Å². The second-order valence-electron chi connectivity index (χ2n) is 16.1. The molecular weight excluding hydrogens is 881 g/mol. The van der Waals surface area contributed by atoms with E-state index in [2.05, 4.69) is 50.7 Å². The molecular formula is C42H59F2N7O5S5. The first kappa shape index (κ1) is 53.6. The monoisotopic (exact) mass is 939 g/mol. The van der Waals surface area contributed by atoms with Crippen molar-refractivity contribution in [3.8, 4) is 23.1 Å². The molecule has 19 heteroatoms. The molecule has 3 aliphatic rings. The van der Waals surface area contributed by atoms with Crippen LogP contribution in [0, 0.1) is 29.6 Å². The van der Waals surface area contributed by atoms with Crippen molar-refractivity contribution in [3.05, 3.63) is 71.4 Å². The van der Waals surface area contributed by atoms with E-state index in [1.165, 1.54) is 7.11 Å². The summed E-state index contributed by atoms with van der Waals surface area (Å²) in [5.41, 5.74) is 4.26. The maximum Gasteiger partial charge on any atom is 0.407 e. The van der Waals surface area contributed by atoms with Crippen LogP contribution in [-0.2, 0) is 19.1 Å². The zero-order valence-corrected chi connectivity index (χ0v) is 40.1. The van der Waals surface area contributed by atoms with Crippen LogP contribution < -0.4 is 5.32 Å². The molecule has 4 aromatic rings. The van der Waals surface area contributed by atoms with Gasteiger partial charge in [0.2, 0.25) is 11.8 Å². The molecule has 3 fully saturated rings. The Morgan fingerprint density at radius 1 is 0.852 bits per heavy atom. The van der Waals surface area contributed by atoms with Gasteiger partial charge in [0.05, 0.1) is 60.8 Å². The van der Waals surface area contributed by atoms with Crippen molar-refractivity contribution < 1.29 is 32.6 Å². The van der Waals surface area contributed by atoms with Crippen molar-refractivity contribution in [2.75, 3.05) is 26.8 Å². The van der Waals surface area contributed by atoms with Crippen LogP contribution >= 0.6 is 67.5 Å². The van der Waals surface area contributed by atoms with Crippen LogP contribution in [0.5, 0.6) is 0 Å². The van der Waals surface area contributed by atoms with E-state index in [1.54, 1.807) is 20.0 Å². The summed E-state index contributed by atoms with van der Waals surface area (Å²) in [6.45, 7) is 10.1. The molecule has 0 unspecified atom stereocenters. The van der Waals surface area contributed by atoms with Gasteiger partial charge in [0, 0.05) is 36.5 Å². The number of carbonyl (C=O) groups is 3. The number of H-pyrrole nitrogens is 2. The van der Waals surface area contributed by atoms with Gasteiger partial charge in [-0.3, -0.25) is 9.59 Å². The lowest BCUT2D eigenvalue weighted by Gasteiger charge is -2.29. The highest BCUT2D eigenvalue weighted by Gasteiger charge is 2.52. The number of aromatic amines is 2. The van der Waals surface area contributed by atoms with Crippen LogP contribution in [0.25, 0.3) is 22.3 Å². The van der Waals surface area contributed by atoms with E-state index in [0.717, 1.165) is 64.3 Å². The van der Waals surface area contributed by atoms with Crippen LogP contribution in [-0.4, -0.2) is 92.0 Å². The van der Waals surface area contributed by atoms with Crippen LogP contribution in [0.15, 0.2) is 48.7 Å². The number of alkyl carbamates (subject to hydrolysis) is 1. The number of benzene rings is 2. The lowest BCUT2D eigenvalue weighted by atomic mass is 9.96. The highest BCUT2D eigenvalue weighted by atomic mass is 32.1. The second-order valence-corrected chi connectivity index (χ2v) is 16.1. The number of aromatic nitrogens is 4. The Morgan fingerprint density at radius 3 is 2.11 bits per heavy atom. The van der Waals surface area contributed by atoms with Gasteiger partial charge in [-0.1, -0.05) is 58.6 Å². The van der Waals surface area contributed by atoms with E-state index in [-0.39, 0.29) is 109 Å². The number of methoxy groups -OCH3 is 1. The Balaban J connectivity index is 0.00000256. The minimum Gasteiger partial charge on any atom is -0.453 e. The Kier molecular flexibility index (Phi) is 19.1. The maximum absolute atomic E-state index is 14.8. The summed E-state index contributed by atoms with van der Waals surface area (Å²) in [7, 11) is 1.18. The predicted molar refractivity (Wildman–Crippen MR) is 257 cm³/mol. The molecule has 0 aliphatic carbocycles. The van der Waals surface area contributed by atoms with E-state index in [0.29, 0.717) is 12.2 Å². The first-order valence-electron chi connectivity index (χ1n) is 19.3. The molecule has 3 aliphatic heterocycles. The van der Waals surface area contributed by atoms with Crippen LogP contribution in [0.4, 0.5) is 13.6 Å². The van der Waals surface area contributed by atoms with Crippen LogP contribution in [0.3, 0.4) is 0 Å². The smallest absolute Gasteiger partial charge is 0.407 e. The molecule has 1 spiro atoms. The number of ether oxygens (including phenoxy) is 2. The van der Waals surface area contributed by atoms with Gasteiger partial charge in [0.15, 0.2) is 0 Å². The molecule has 0 saturated carbocycles. The van der Waals surface area contributed by atoms with Gasteiger partial charge >= 0.3 is 6.09 Å². The van der Waals surface area contributed by atoms with Crippen molar-refractivity contribution in [3.63, 3.8) is 0 Å². The van der Waals surface area contributed by atoms with E-state index in [9.17, 15) is 23.2 Å². The number of rotatable bonds is 8. The van der Waals surface area contributed by atoms with Crippen molar-refractivity contribution >= 4 is 96.4 Å². The minimum absolute atomic E-state index is 0. The predicted octanol–water partition coefficient (Wildman–Crippen LogP) is 7.32. The van der Waals surface area contributed by atoms with E-state index in [4.69, 9.17) is 9.72 Å². The quantitative estimate of drug-likeness (QED) is 0.157. The van der Waals surface area contributed by atoms with Crippen molar-refractivity contribution in [2.24, 2.45) is 17.8 Å². The number of nitrogens with zero attached hydrogens (tertiary/aromatic N) is 4. The number of hydrogen-bond acceptors (Lipinski definition) is 7. The largest absolute Gasteiger partial charge is 0.453 e. The highest BCUT2D eigenvalue weighted by molar-refractivity contribution is 7.60. The molecule has 7 rings (SSSR count). The summed E-state index contributed by atoms with van der Waals surface area (Å²) in [4.78, 5) is 58.0. The molecule has 61 heavy (non-hydrogen) atoms. The molecule has 336 valence electrons. The third-order valence-corrected chi connectivity index (χ3v) is 11.5. The number of nitrogens with one attached hydrogen (secondary N) is 3. The van der Waals surface area contributed by atoms with Gasteiger partial charge < -0.3 is 34.6 Å². The van der Waals surface area contributed by atoms with Gasteiger partial charge in [-0.25, -0.2) is 23.5 Å². The Bertz CT molecular complexity index is 2190. The molecule has 3 saturated heterocycles. The van der Waals surface area contributed by atoms with Crippen molar-refractivity contribution in [1.29, 1.82) is 0 Å². The molecule has 3 amide bonds. The van der Waals surface area contributed by atoms with Crippen molar-refractivity contribution in [2.45, 2.75) is 90.0 Å². The number of imidazole rings is 2. The molecule has 2 aromatic heterocycles. The molecule has 3 N–H and O–H groups in total. The number of carbonyl (C=O) groups excluding carboxylic acids is 3. The summed E-state index contributed by atoms with van der Waals surface area (Å²) in [6, 6.07) is 11.0. The molecule has 0 bridgehead atoms. The van der Waals surface area contributed by atoms with Crippen LogP contribution in [0.2, 0.25) is 0 Å². The first-order valence-corrected chi connectivity index (χ1v) is 19.3. The number of likely N-dealkylation sites (tertiary alicyclic amines) is 2. The number of hydrogen-bond donors (Lipinski definition) is 3. The lowest BCUT2D eigenvalue weighted by molar-refractivity contribution is -0.138. The van der Waals surface area contributed by atoms with Gasteiger partial charge in [-0.15, -0.1) is 0 Å². The van der Waals surface area contributed by atoms with Crippen LogP contribution in [0.1, 0.15) is 95.2 Å². The van der Waals surface area contributed by atoms with Gasteiger partial charge in [-0.2, -0.15) is 67.5 Å². The first-order chi connectivity index (χ1) is 26.7. The average Bonchev–Trinajstić information content (AvgIpc) is 4.02. The summed E-state index contributed by atoms with van der Waals surface area (Å²) in [5, 5.41) is 2.48. The topological polar surface area (TPSA) is 146 Å². The molecule has 5 atom stereocenters. The number of halogens is 2. The van der Waals surface area contributed by atoms with E-state index >= 15 is 0 Å². The summed E-state index contributed by atoms with van der Waals surface area (Å²) in [5.74, 6) is 3.58. The van der Waals surface area contributed by atoms with Crippen molar-refractivity contribution in [1.82, 2.24) is 35.1 Å². The SMILES string of the molecule is COC(=O)N[C@H](C(=O)N1CC(F)(F)C[C@H]1c1ncc(-c2ccc(C#Cc3ccc4nc([C@@H]5C[C@@]6(CCCO6)CN5C(=O)[C@@H](C)C(C)C)[nH]c4c3)cc2)[nH]1)C(C)C.S.S.S.S.S. The Labute approximate surface area is 391 Å². The highest BCUT2D eigenvalue weighted by Crippen LogP contribution is 2.45. The maximum atomic E-state index is 14.8. The fraction of sp³-hybridized carbons (Fsp3) is 0.500. The Morgan fingerprint density at radius 2 is 1.49 bits per heavy atom. The standard InChI is InChI=1S/C42H49F2N7O5.5H2S/c1-24(2)26(5)38(52)50-22-41(16-7-17-56-41)19-33(50)37-46-30-15-12-28(18-31(30)47-37)9-8-27-10-13-29(14-11-27)32-21-45-36(48-32)34-20-42(43,44)23-51(34)39(53)35(25(3)4)49-40(54)55-6;;;;;/h10-15,18,21,24-26,33-35H,7,16-17,19-20,22-23H2,1-6H3,(H,45,48)(H,46,47)(H,49,54);5*1H2/t26-,33-,34-,35-,41-;;;;;/m0...../s1. The van der Waals surface area contributed by atoms with E-state index < -0.39 is 43.0 Å². The van der Waals surface area contributed by atoms with Gasteiger partial charge in [0.25, 0.3) is 5.92 Å². The fourth-order valence-corrected chi connectivity index (χ4v) is 7.98. The molecule has 0 radical (unpaired) electrons. The minimum atomic E-state index is -3.12. The molecule has 2 aromatic carbocycles. The fourth-order valence-electron chi connectivity index (χ4n) is 7.98. The zero-order chi connectivity index (χ0) is 39.9. The lowest BCUT2D eigenvalue weighted by Crippen LogP contribution is -2.51. The number of amides is 3. The normalized spacial score (nSPS) is 21.0. The number of fused-ring (bicyclic) bond motifs is 1. The third kappa shape index (κ3) is 11.5. The third-order valence-electron chi connectivity index (χ3n) is 11.5. The Hall–Kier alpha value is -3.54. The number of alkyl halides is 2. The molecule has 12 nitrogen and oxygen atoms in total. The zero-order valence-electron chi connectivity index (χ0n) is 35.1. The summed E-state index contributed by atoms with van der Waals surface area (Å²) in [6.07, 6.45) is 2.80. The van der Waals surface area contributed by atoms with Gasteiger partial charge in [0.1, 0.15) is 17.7 Å². The second kappa shape index (κ2) is 21.7. The summed E-state index contributed by atoms with van der Waals surface area (Å²) < 4.78 is 40.4.